The van der Waals surface area contributed by atoms with Crippen molar-refractivity contribution in [3.63, 3.8) is 0 Å². The molecule has 0 amide bonds. The Balaban J connectivity index is 1.58. The van der Waals surface area contributed by atoms with Crippen LogP contribution in [0.5, 0.6) is 5.75 Å². The van der Waals surface area contributed by atoms with Gasteiger partial charge in [0.05, 0.1) is 10.2 Å². The normalized spacial score (nSPS) is 21.0. The monoisotopic (exact) mass is 512 g/mol. The van der Waals surface area contributed by atoms with Gasteiger partial charge in [-0.05, 0) is 59.6 Å². The van der Waals surface area contributed by atoms with Crippen LogP contribution in [0.15, 0.2) is 41.3 Å². The topological polar surface area (TPSA) is 103 Å². The molecule has 0 radical (unpaired) electrons. The van der Waals surface area contributed by atoms with E-state index >= 15 is 0 Å². The van der Waals surface area contributed by atoms with Crippen molar-refractivity contribution in [3.05, 3.63) is 47.5 Å². The molecule has 6 nitrogen and oxygen atoms in total. The van der Waals surface area contributed by atoms with Crippen LogP contribution in [0.3, 0.4) is 0 Å². The average molecular weight is 513 g/mol. The molecule has 1 unspecified atom stereocenters. The zero-order valence-electron chi connectivity index (χ0n) is 20.8. The van der Waals surface area contributed by atoms with Gasteiger partial charge in [-0.25, -0.2) is 4.98 Å². The van der Waals surface area contributed by atoms with Crippen LogP contribution < -0.4 is 5.73 Å². The number of thiazole rings is 1. The molecular weight excluding hydrogens is 480 g/mol. The molecule has 2 atom stereocenters. The molecule has 3 aromatic rings. The fraction of sp³-hybridized carbons (Fsp3) is 0.444. The second-order valence-electron chi connectivity index (χ2n) is 10.6. The molecule has 0 spiro atoms. The van der Waals surface area contributed by atoms with Crippen molar-refractivity contribution in [2.24, 2.45) is 5.92 Å². The van der Waals surface area contributed by atoms with E-state index in [1.807, 2.05) is 38.1 Å². The highest BCUT2D eigenvalue weighted by Gasteiger charge is 2.49. The number of esters is 1. The van der Waals surface area contributed by atoms with Gasteiger partial charge in [0, 0.05) is 11.3 Å². The van der Waals surface area contributed by atoms with Crippen LogP contribution in [0.2, 0.25) is 0 Å². The zero-order valence-corrected chi connectivity index (χ0v) is 22.4. The number of fused-ring (bicyclic) bond motifs is 1. The predicted molar refractivity (Wildman–Crippen MR) is 142 cm³/mol. The Kier molecular flexibility index (Phi) is 6.90. The van der Waals surface area contributed by atoms with Crippen molar-refractivity contribution in [1.82, 2.24) is 4.98 Å². The first-order valence-electron chi connectivity index (χ1n) is 11.8. The lowest BCUT2D eigenvalue weighted by Crippen LogP contribution is -2.52. The Morgan fingerprint density at radius 2 is 1.91 bits per heavy atom. The number of carbonyl (C=O) groups is 2. The minimum Gasteiger partial charge on any atom is -0.508 e. The fourth-order valence-corrected chi connectivity index (χ4v) is 6.60. The number of rotatable bonds is 6. The largest absolute Gasteiger partial charge is 0.508 e. The first-order chi connectivity index (χ1) is 16.4. The summed E-state index contributed by atoms with van der Waals surface area (Å²) in [6.45, 7) is 10.3. The van der Waals surface area contributed by atoms with Crippen LogP contribution >= 0.6 is 23.1 Å². The molecule has 1 fully saturated rings. The summed E-state index contributed by atoms with van der Waals surface area (Å²) >= 11 is 2.67. The van der Waals surface area contributed by atoms with Crippen molar-refractivity contribution in [3.8, 4) is 5.75 Å². The smallest absolute Gasteiger partial charge is 0.327 e. The van der Waals surface area contributed by atoms with Crippen molar-refractivity contribution in [1.29, 1.82) is 0 Å². The minimum absolute atomic E-state index is 0.0138. The summed E-state index contributed by atoms with van der Waals surface area (Å²) in [4.78, 5) is 32.0. The first kappa shape index (κ1) is 25.5. The quantitative estimate of drug-likeness (QED) is 0.314. The number of thioether (sulfide) groups is 1. The standard InChI is InChI=1S/C27H32N2O4S2/c1-15(2)27(11-10-16-6-8-17(30)9-7-16)14-20(31)23(24(32)33-27)34-21-13-22-19(29-25(28)35-22)12-18(21)26(3,4)5/h6-9,12-13,15,23,30H,10-11,14H2,1-5H3,(H2,28,29)/t23?,27-/m0/s1. The number of nitrogens with zero attached hydrogens (tertiary/aromatic N) is 1. The van der Waals surface area contributed by atoms with Crippen LogP contribution in [0.25, 0.3) is 10.2 Å². The summed E-state index contributed by atoms with van der Waals surface area (Å²) in [5, 5.41) is 9.12. The third-order valence-electron chi connectivity index (χ3n) is 6.67. The summed E-state index contributed by atoms with van der Waals surface area (Å²) < 4.78 is 7.02. The zero-order chi connectivity index (χ0) is 25.5. The van der Waals surface area contributed by atoms with E-state index in [9.17, 15) is 14.7 Å². The lowest BCUT2D eigenvalue weighted by molar-refractivity contribution is -0.176. The minimum atomic E-state index is -0.903. The number of cyclic esters (lactones) is 1. The molecular formula is C27H32N2O4S2. The van der Waals surface area contributed by atoms with Gasteiger partial charge in [-0.3, -0.25) is 9.59 Å². The van der Waals surface area contributed by atoms with Gasteiger partial charge in [0.25, 0.3) is 0 Å². The summed E-state index contributed by atoms with van der Waals surface area (Å²) in [7, 11) is 0. The summed E-state index contributed by atoms with van der Waals surface area (Å²) in [5.74, 6) is -0.385. The Hall–Kier alpha value is -2.58. The summed E-state index contributed by atoms with van der Waals surface area (Å²) in [6, 6.07) is 11.0. The number of carbonyl (C=O) groups excluding carboxylic acids is 2. The molecule has 35 heavy (non-hydrogen) atoms. The van der Waals surface area contributed by atoms with E-state index in [-0.39, 0.29) is 29.3 Å². The second-order valence-corrected chi connectivity index (χ2v) is 12.8. The van der Waals surface area contributed by atoms with E-state index < -0.39 is 16.8 Å². The number of hydrogen-bond acceptors (Lipinski definition) is 8. The highest BCUT2D eigenvalue weighted by atomic mass is 32.2. The number of hydrogen-bond donors (Lipinski definition) is 2. The molecule has 1 aliphatic heterocycles. The number of nitrogen functional groups attached to an aromatic ring is 1. The molecule has 8 heteroatoms. The Morgan fingerprint density at radius 1 is 1.23 bits per heavy atom. The van der Waals surface area contributed by atoms with Crippen LogP contribution in [-0.2, 0) is 26.2 Å². The molecule has 0 bridgehead atoms. The number of aromatic nitrogens is 1. The molecule has 0 saturated carbocycles. The molecule has 2 aromatic carbocycles. The van der Waals surface area contributed by atoms with E-state index in [4.69, 9.17) is 10.5 Å². The third-order valence-corrected chi connectivity index (χ3v) is 8.80. The Labute approximate surface area is 214 Å². The predicted octanol–water partition coefficient (Wildman–Crippen LogP) is 5.89. The van der Waals surface area contributed by atoms with Gasteiger partial charge >= 0.3 is 5.97 Å². The van der Waals surface area contributed by atoms with E-state index in [1.165, 1.54) is 23.1 Å². The lowest BCUT2D eigenvalue weighted by atomic mass is 9.78. The van der Waals surface area contributed by atoms with Gasteiger partial charge in [-0.15, -0.1) is 11.8 Å². The van der Waals surface area contributed by atoms with E-state index in [0.29, 0.717) is 18.0 Å². The molecule has 1 saturated heterocycles. The number of ketones is 1. The second kappa shape index (κ2) is 9.47. The molecule has 186 valence electrons. The number of Topliss-reactive ketones (excluding diaryl/α,β-unsaturated/α-hetero) is 1. The van der Waals surface area contributed by atoms with Gasteiger partial charge in [-0.1, -0.05) is 58.1 Å². The average Bonchev–Trinajstić information content (AvgIpc) is 3.13. The van der Waals surface area contributed by atoms with Gasteiger partial charge in [0.15, 0.2) is 16.2 Å². The molecule has 0 aliphatic carbocycles. The van der Waals surface area contributed by atoms with E-state index in [2.05, 4.69) is 25.8 Å². The molecule has 2 heterocycles. The number of aromatic hydroxyl groups is 1. The number of phenolic OH excluding ortho intramolecular Hbond substituents is 1. The van der Waals surface area contributed by atoms with Crippen LogP contribution in [-0.4, -0.2) is 32.7 Å². The van der Waals surface area contributed by atoms with Crippen molar-refractivity contribution >= 4 is 50.2 Å². The van der Waals surface area contributed by atoms with Crippen LogP contribution in [0.1, 0.15) is 58.6 Å². The number of ether oxygens (including phenoxy) is 1. The number of aryl methyl sites for hydroxylation is 1. The van der Waals surface area contributed by atoms with E-state index in [1.54, 1.807) is 12.1 Å². The molecule has 1 aromatic heterocycles. The first-order valence-corrected chi connectivity index (χ1v) is 13.5. The number of nitrogens with two attached hydrogens (primary N) is 1. The van der Waals surface area contributed by atoms with Crippen LogP contribution in [0, 0.1) is 5.92 Å². The SMILES string of the molecule is CC(C)[C@]1(CCc2ccc(O)cc2)CC(=O)C(Sc2cc3sc(N)nc3cc2C(C)(C)C)C(=O)O1. The maximum atomic E-state index is 13.4. The Morgan fingerprint density at radius 3 is 2.51 bits per heavy atom. The highest BCUT2D eigenvalue weighted by Crippen LogP contribution is 2.43. The maximum Gasteiger partial charge on any atom is 0.327 e. The Bertz CT molecular complexity index is 1240. The molecule has 1 aliphatic rings. The molecule has 4 rings (SSSR count). The molecule has 3 N–H and O–H groups in total. The van der Waals surface area contributed by atoms with Gasteiger partial charge in [0.1, 0.15) is 11.4 Å². The van der Waals surface area contributed by atoms with Gasteiger partial charge < -0.3 is 15.6 Å². The number of phenols is 1. The van der Waals surface area contributed by atoms with Gasteiger partial charge in [0.2, 0.25) is 0 Å². The highest BCUT2D eigenvalue weighted by molar-refractivity contribution is 8.01. The third kappa shape index (κ3) is 5.33. The maximum absolute atomic E-state index is 13.4. The number of anilines is 1. The van der Waals surface area contributed by atoms with Crippen molar-refractivity contribution in [2.45, 2.75) is 75.0 Å². The van der Waals surface area contributed by atoms with Crippen molar-refractivity contribution in [2.75, 3.05) is 5.73 Å². The number of benzene rings is 2. The van der Waals surface area contributed by atoms with Gasteiger partial charge in [-0.2, -0.15) is 0 Å². The lowest BCUT2D eigenvalue weighted by Gasteiger charge is -2.41. The summed E-state index contributed by atoms with van der Waals surface area (Å²) in [6.07, 6.45) is 1.38. The fourth-order valence-electron chi connectivity index (χ4n) is 4.48. The summed E-state index contributed by atoms with van der Waals surface area (Å²) in [5.41, 5.74) is 7.75. The van der Waals surface area contributed by atoms with Crippen LogP contribution in [0.4, 0.5) is 5.13 Å². The van der Waals surface area contributed by atoms with Crippen molar-refractivity contribution < 1.29 is 19.4 Å². The van der Waals surface area contributed by atoms with E-state index in [0.717, 1.165) is 26.2 Å².